The number of esters is 1. The summed E-state index contributed by atoms with van der Waals surface area (Å²) in [5.74, 6) is -1.48. The van der Waals surface area contributed by atoms with Crippen molar-refractivity contribution in [1.29, 1.82) is 0 Å². The number of aromatic nitrogens is 6. The van der Waals surface area contributed by atoms with Crippen molar-refractivity contribution in [2.75, 3.05) is 10.6 Å². The zero-order valence-corrected chi connectivity index (χ0v) is 19.4. The summed E-state index contributed by atoms with van der Waals surface area (Å²) in [6, 6.07) is 13.9. The molecule has 0 atom stereocenters. The van der Waals surface area contributed by atoms with Crippen molar-refractivity contribution in [1.82, 2.24) is 30.4 Å². The molecule has 0 aliphatic carbocycles. The van der Waals surface area contributed by atoms with E-state index in [4.69, 9.17) is 4.74 Å². The van der Waals surface area contributed by atoms with Gasteiger partial charge in [-0.3, -0.25) is 9.59 Å². The predicted molar refractivity (Wildman–Crippen MR) is 126 cm³/mol. The van der Waals surface area contributed by atoms with E-state index < -0.39 is 17.8 Å². The second-order valence-corrected chi connectivity index (χ2v) is 8.24. The summed E-state index contributed by atoms with van der Waals surface area (Å²) in [6.45, 7) is 1.76. The molecular formula is C22H20N8O4S. The van der Waals surface area contributed by atoms with E-state index in [9.17, 15) is 14.4 Å². The van der Waals surface area contributed by atoms with Crippen LogP contribution < -0.4 is 10.6 Å². The average Bonchev–Trinajstić information content (AvgIpc) is 3.56. The smallest absolute Gasteiger partial charge is 0.340 e. The maximum absolute atomic E-state index is 12.6. The van der Waals surface area contributed by atoms with Crippen LogP contribution in [0.25, 0.3) is 0 Å². The van der Waals surface area contributed by atoms with Crippen molar-refractivity contribution < 1.29 is 19.1 Å². The quantitative estimate of drug-likeness (QED) is 0.335. The Labute approximate surface area is 203 Å². The lowest BCUT2D eigenvalue weighted by Crippen LogP contribution is -2.21. The highest BCUT2D eigenvalue weighted by Gasteiger charge is 2.18. The van der Waals surface area contributed by atoms with Crippen LogP contribution in [-0.4, -0.2) is 48.2 Å². The van der Waals surface area contributed by atoms with E-state index in [1.54, 1.807) is 18.2 Å². The first-order valence-electron chi connectivity index (χ1n) is 10.5. The minimum Gasteiger partial charge on any atom is -0.455 e. The summed E-state index contributed by atoms with van der Waals surface area (Å²) < 4.78 is 6.58. The molecule has 35 heavy (non-hydrogen) atoms. The van der Waals surface area contributed by atoms with Gasteiger partial charge in [-0.15, -0.1) is 15.3 Å². The Bertz CT molecular complexity index is 1320. The van der Waals surface area contributed by atoms with Gasteiger partial charge in [0.1, 0.15) is 19.5 Å². The third-order valence-electron chi connectivity index (χ3n) is 4.73. The maximum atomic E-state index is 12.6. The molecule has 2 amide bonds. The number of amides is 2. The molecule has 178 valence electrons. The van der Waals surface area contributed by atoms with Gasteiger partial charge in [0.25, 0.3) is 5.91 Å². The van der Waals surface area contributed by atoms with Gasteiger partial charge in [-0.1, -0.05) is 42.5 Å². The highest BCUT2D eigenvalue weighted by molar-refractivity contribution is 7.13. The molecule has 2 aromatic heterocycles. The molecule has 2 heterocycles. The van der Waals surface area contributed by atoms with Gasteiger partial charge in [0, 0.05) is 5.69 Å². The summed E-state index contributed by atoms with van der Waals surface area (Å²) in [4.78, 5) is 37.3. The molecule has 4 rings (SSSR count). The van der Waals surface area contributed by atoms with Gasteiger partial charge in [0.2, 0.25) is 10.9 Å². The Morgan fingerprint density at radius 3 is 2.57 bits per heavy atom. The lowest BCUT2D eigenvalue weighted by atomic mass is 10.1. The number of carbonyl (C=O) groups excluding carboxylic acids is 3. The third kappa shape index (κ3) is 6.29. The average molecular weight is 493 g/mol. The van der Waals surface area contributed by atoms with Crippen LogP contribution in [0.3, 0.4) is 0 Å². The van der Waals surface area contributed by atoms with Crippen LogP contribution in [0.1, 0.15) is 37.7 Å². The number of hydrogen-bond donors (Lipinski definition) is 2. The van der Waals surface area contributed by atoms with Crippen molar-refractivity contribution in [3.63, 3.8) is 0 Å². The molecule has 0 unspecified atom stereocenters. The fourth-order valence-corrected chi connectivity index (χ4v) is 3.62. The van der Waals surface area contributed by atoms with E-state index in [2.05, 4.69) is 43.3 Å². The number of para-hydroxylation sites is 1. The lowest BCUT2D eigenvalue weighted by Gasteiger charge is -2.10. The van der Waals surface area contributed by atoms with Crippen LogP contribution in [0.4, 0.5) is 11.4 Å². The topological polar surface area (TPSA) is 154 Å². The highest BCUT2D eigenvalue weighted by atomic mass is 32.1. The highest BCUT2D eigenvalue weighted by Crippen LogP contribution is 2.19. The molecule has 0 saturated heterocycles. The second-order valence-electron chi connectivity index (χ2n) is 7.18. The molecule has 12 nitrogen and oxygen atoms in total. The monoisotopic (exact) mass is 492 g/mol. The molecule has 13 heteroatoms. The Kier molecular flexibility index (Phi) is 7.47. The van der Waals surface area contributed by atoms with Crippen LogP contribution in [-0.2, 0) is 29.1 Å². The van der Waals surface area contributed by atoms with E-state index in [0.717, 1.165) is 23.3 Å². The Balaban J connectivity index is 1.33. The lowest BCUT2D eigenvalue weighted by molar-refractivity contribution is -0.116. The van der Waals surface area contributed by atoms with Crippen LogP contribution in [0.15, 0.2) is 54.9 Å². The van der Waals surface area contributed by atoms with Crippen LogP contribution in [0, 0.1) is 0 Å². The van der Waals surface area contributed by atoms with Crippen LogP contribution in [0.5, 0.6) is 0 Å². The molecule has 0 saturated carbocycles. The molecule has 0 aliphatic rings. The van der Waals surface area contributed by atoms with Gasteiger partial charge in [0.15, 0.2) is 5.01 Å². The number of carbonyl (C=O) groups is 3. The van der Waals surface area contributed by atoms with Gasteiger partial charge in [0.05, 0.1) is 11.3 Å². The first kappa shape index (κ1) is 23.6. The largest absolute Gasteiger partial charge is 0.455 e. The number of nitrogens with one attached hydrogen (secondary N) is 2. The summed E-state index contributed by atoms with van der Waals surface area (Å²) in [5, 5.41) is 24.3. The SMILES string of the molecule is CCc1ccc(NC(=O)c2nnc(COC(=O)c3ccccc3NC(=O)Cn3cnnn3)s2)cc1. The van der Waals surface area contributed by atoms with Crippen molar-refractivity contribution in [3.05, 3.63) is 76.0 Å². The number of tetrazole rings is 1. The maximum Gasteiger partial charge on any atom is 0.340 e. The van der Waals surface area contributed by atoms with E-state index in [1.807, 2.05) is 24.3 Å². The number of nitrogens with zero attached hydrogens (tertiary/aromatic N) is 6. The summed E-state index contributed by atoms with van der Waals surface area (Å²) in [6.07, 6.45) is 2.21. The van der Waals surface area contributed by atoms with Crippen LogP contribution >= 0.6 is 11.3 Å². The standard InChI is InChI=1S/C22H20N8O4S/c1-2-14-7-9-15(10-8-14)24-20(32)21-27-26-19(35-21)12-34-22(33)16-5-3-4-6-17(16)25-18(31)11-30-13-23-28-29-30/h3-10,13H,2,11-12H2,1H3,(H,24,32)(H,25,31). The van der Waals surface area contributed by atoms with Gasteiger partial charge < -0.3 is 15.4 Å². The van der Waals surface area contributed by atoms with Gasteiger partial charge in [-0.25, -0.2) is 9.48 Å². The van der Waals surface area contributed by atoms with E-state index in [0.29, 0.717) is 10.7 Å². The van der Waals surface area contributed by atoms with Crippen molar-refractivity contribution >= 4 is 40.5 Å². The summed E-state index contributed by atoms with van der Waals surface area (Å²) >= 11 is 1.02. The molecule has 4 aromatic rings. The fourth-order valence-electron chi connectivity index (χ4n) is 2.98. The van der Waals surface area contributed by atoms with Crippen molar-refractivity contribution in [2.45, 2.75) is 26.5 Å². The minimum absolute atomic E-state index is 0.116. The molecule has 0 fully saturated rings. The molecule has 0 bridgehead atoms. The predicted octanol–water partition coefficient (Wildman–Crippen LogP) is 2.33. The number of rotatable bonds is 9. The molecule has 0 spiro atoms. The fraction of sp³-hybridized carbons (Fsp3) is 0.182. The molecule has 0 radical (unpaired) electrons. The van der Waals surface area contributed by atoms with E-state index in [1.165, 1.54) is 17.1 Å². The Morgan fingerprint density at radius 1 is 1.03 bits per heavy atom. The van der Waals surface area contributed by atoms with Crippen molar-refractivity contribution in [2.24, 2.45) is 0 Å². The first-order chi connectivity index (χ1) is 17.0. The number of hydrogen-bond acceptors (Lipinski definition) is 10. The van der Waals surface area contributed by atoms with E-state index in [-0.39, 0.29) is 29.4 Å². The van der Waals surface area contributed by atoms with Crippen molar-refractivity contribution in [3.8, 4) is 0 Å². The van der Waals surface area contributed by atoms with Crippen LogP contribution in [0.2, 0.25) is 0 Å². The number of aryl methyl sites for hydroxylation is 1. The number of ether oxygens (including phenoxy) is 1. The number of benzene rings is 2. The van der Waals surface area contributed by atoms with E-state index >= 15 is 0 Å². The van der Waals surface area contributed by atoms with Gasteiger partial charge in [-0.2, -0.15) is 0 Å². The first-order valence-corrected chi connectivity index (χ1v) is 11.3. The Morgan fingerprint density at radius 2 is 1.83 bits per heavy atom. The third-order valence-corrected chi connectivity index (χ3v) is 5.62. The minimum atomic E-state index is -0.666. The number of anilines is 2. The summed E-state index contributed by atoms with van der Waals surface area (Å²) in [5.41, 5.74) is 2.25. The zero-order chi connectivity index (χ0) is 24.6. The van der Waals surface area contributed by atoms with Gasteiger partial charge in [-0.05, 0) is 46.7 Å². The second kappa shape index (κ2) is 11.1. The zero-order valence-electron chi connectivity index (χ0n) is 18.5. The molecule has 2 N–H and O–H groups in total. The molecular weight excluding hydrogens is 472 g/mol. The Hall–Kier alpha value is -4.52. The summed E-state index contributed by atoms with van der Waals surface area (Å²) in [7, 11) is 0. The normalized spacial score (nSPS) is 10.5. The van der Waals surface area contributed by atoms with Gasteiger partial charge >= 0.3 is 5.97 Å². The molecule has 0 aliphatic heterocycles. The molecule has 2 aromatic carbocycles.